The van der Waals surface area contributed by atoms with E-state index in [9.17, 15) is 4.79 Å². The molecule has 1 aliphatic rings. The van der Waals surface area contributed by atoms with Crippen molar-refractivity contribution in [3.05, 3.63) is 39.6 Å². The molecule has 0 unspecified atom stereocenters. The fraction of sp³-hybridized carbons (Fsp3) is 0.214. The molecule has 5 nitrogen and oxygen atoms in total. The number of hydrogen-bond donors (Lipinski definition) is 0. The third-order valence-electron chi connectivity index (χ3n) is 3.38. The van der Waals surface area contributed by atoms with Crippen LogP contribution in [0.2, 0.25) is 5.15 Å². The van der Waals surface area contributed by atoms with Crippen LogP contribution in [0.1, 0.15) is 17.3 Å². The number of halogens is 2. The molecular formula is C14H12BrClN4O. The summed E-state index contributed by atoms with van der Waals surface area (Å²) in [4.78, 5) is 24.9. The van der Waals surface area contributed by atoms with Gasteiger partial charge in [0, 0.05) is 24.3 Å². The van der Waals surface area contributed by atoms with E-state index >= 15 is 0 Å². The number of carbonyl (C=O) groups excluding carboxylic acids is 1. The van der Waals surface area contributed by atoms with Crippen molar-refractivity contribution >= 4 is 50.8 Å². The molecule has 0 radical (unpaired) electrons. The third-order valence-corrected chi connectivity index (χ3v) is 4.02. The second-order valence-corrected chi connectivity index (χ2v) is 5.91. The number of hydrogen-bond acceptors (Lipinski definition) is 4. The van der Waals surface area contributed by atoms with Gasteiger partial charge in [0.15, 0.2) is 5.82 Å². The van der Waals surface area contributed by atoms with Crippen LogP contribution in [0, 0.1) is 0 Å². The summed E-state index contributed by atoms with van der Waals surface area (Å²) in [6.45, 7) is 2.61. The first kappa shape index (κ1) is 14.3. The molecule has 7 heteroatoms. The third kappa shape index (κ3) is 2.28. The molecule has 1 amide bonds. The summed E-state index contributed by atoms with van der Waals surface area (Å²) in [5.41, 5.74) is 1.24. The molecule has 0 aromatic carbocycles. The summed E-state index contributed by atoms with van der Waals surface area (Å²) in [7, 11) is 1.72. The Hall–Kier alpha value is -1.66. The van der Waals surface area contributed by atoms with E-state index in [4.69, 9.17) is 11.6 Å². The largest absolute Gasteiger partial charge is 0.309 e. The van der Waals surface area contributed by atoms with Gasteiger partial charge >= 0.3 is 0 Å². The molecular weight excluding hydrogens is 356 g/mol. The van der Waals surface area contributed by atoms with Crippen molar-refractivity contribution in [2.24, 2.45) is 0 Å². The highest BCUT2D eigenvalue weighted by atomic mass is 79.9. The molecule has 3 heterocycles. The lowest BCUT2D eigenvalue weighted by Crippen LogP contribution is -2.25. The minimum absolute atomic E-state index is 0.125. The van der Waals surface area contributed by atoms with Gasteiger partial charge in [-0.1, -0.05) is 11.6 Å². The van der Waals surface area contributed by atoms with E-state index in [1.54, 1.807) is 36.3 Å². The van der Waals surface area contributed by atoms with E-state index in [1.165, 1.54) is 0 Å². The first-order valence-corrected chi connectivity index (χ1v) is 7.57. The zero-order valence-electron chi connectivity index (χ0n) is 11.5. The average molecular weight is 368 g/mol. The summed E-state index contributed by atoms with van der Waals surface area (Å²) in [6.07, 6.45) is 1.67. The number of fused-ring (bicyclic) bond motifs is 2. The maximum atomic E-state index is 12.7. The highest BCUT2D eigenvalue weighted by Gasteiger charge is 2.30. The first-order valence-electron chi connectivity index (χ1n) is 6.40. The molecule has 0 bridgehead atoms. The van der Waals surface area contributed by atoms with E-state index in [-0.39, 0.29) is 5.91 Å². The van der Waals surface area contributed by atoms with Crippen LogP contribution in [0.5, 0.6) is 0 Å². The van der Waals surface area contributed by atoms with Crippen molar-refractivity contribution in [3.8, 4) is 0 Å². The van der Waals surface area contributed by atoms with Crippen LogP contribution < -0.4 is 9.80 Å². The fourth-order valence-electron chi connectivity index (χ4n) is 2.37. The van der Waals surface area contributed by atoms with Gasteiger partial charge in [0.2, 0.25) is 0 Å². The standard InChI is InChI=1S/C14H12BrClN4O/c1-3-20-12-9(6-8(15)7-17-12)14(21)19(2)10-4-5-11(16)18-13(10)20/h4-7H,3H2,1-2H3. The summed E-state index contributed by atoms with van der Waals surface area (Å²) in [5.74, 6) is 1.10. The highest BCUT2D eigenvalue weighted by Crippen LogP contribution is 2.38. The lowest BCUT2D eigenvalue weighted by atomic mass is 10.2. The summed E-state index contributed by atoms with van der Waals surface area (Å²) >= 11 is 9.38. The van der Waals surface area contributed by atoms with Gasteiger partial charge in [0.25, 0.3) is 5.91 Å². The Balaban J connectivity index is 2.32. The Kier molecular flexibility index (Phi) is 3.59. The molecule has 0 fully saturated rings. The van der Waals surface area contributed by atoms with Crippen LogP contribution >= 0.6 is 27.5 Å². The molecule has 0 spiro atoms. The summed E-state index contributed by atoms with van der Waals surface area (Å²) < 4.78 is 0.760. The molecule has 0 saturated heterocycles. The predicted octanol–water partition coefficient (Wildman–Crippen LogP) is 3.64. The van der Waals surface area contributed by atoms with Crippen LogP contribution in [-0.4, -0.2) is 29.5 Å². The van der Waals surface area contributed by atoms with Crippen LogP contribution in [0.15, 0.2) is 28.9 Å². The molecule has 0 atom stereocenters. The zero-order chi connectivity index (χ0) is 15.1. The lowest BCUT2D eigenvalue weighted by molar-refractivity contribution is 0.0994. The number of nitrogens with zero attached hydrogens (tertiary/aromatic N) is 4. The maximum absolute atomic E-state index is 12.7. The number of aromatic nitrogens is 2. The van der Waals surface area contributed by atoms with E-state index in [0.717, 1.165) is 4.47 Å². The van der Waals surface area contributed by atoms with Crippen molar-refractivity contribution in [1.29, 1.82) is 0 Å². The van der Waals surface area contributed by atoms with Crippen molar-refractivity contribution in [1.82, 2.24) is 9.97 Å². The van der Waals surface area contributed by atoms with Crippen LogP contribution in [-0.2, 0) is 0 Å². The minimum Gasteiger partial charge on any atom is -0.309 e. The normalized spacial score (nSPS) is 13.8. The zero-order valence-corrected chi connectivity index (χ0v) is 13.8. The maximum Gasteiger partial charge on any atom is 0.261 e. The van der Waals surface area contributed by atoms with Gasteiger partial charge in [-0.05, 0) is 41.1 Å². The molecule has 1 aliphatic heterocycles. The van der Waals surface area contributed by atoms with Gasteiger partial charge < -0.3 is 9.80 Å². The average Bonchev–Trinajstić information content (AvgIpc) is 2.55. The Bertz CT molecular complexity index is 737. The van der Waals surface area contributed by atoms with Crippen molar-refractivity contribution in [2.75, 3.05) is 23.4 Å². The smallest absolute Gasteiger partial charge is 0.261 e. The van der Waals surface area contributed by atoms with Crippen molar-refractivity contribution < 1.29 is 4.79 Å². The van der Waals surface area contributed by atoms with Gasteiger partial charge in [-0.3, -0.25) is 4.79 Å². The minimum atomic E-state index is -0.125. The Morgan fingerprint density at radius 3 is 2.81 bits per heavy atom. The van der Waals surface area contributed by atoms with Gasteiger partial charge in [-0.25, -0.2) is 9.97 Å². The number of amides is 1. The molecule has 2 aromatic rings. The van der Waals surface area contributed by atoms with Gasteiger partial charge in [0.1, 0.15) is 11.0 Å². The Morgan fingerprint density at radius 1 is 1.33 bits per heavy atom. The van der Waals surface area contributed by atoms with Crippen molar-refractivity contribution in [2.45, 2.75) is 6.92 Å². The second kappa shape index (κ2) is 5.27. The number of carbonyl (C=O) groups is 1. The molecule has 108 valence electrons. The van der Waals surface area contributed by atoms with Crippen molar-refractivity contribution in [3.63, 3.8) is 0 Å². The fourth-order valence-corrected chi connectivity index (χ4v) is 2.85. The predicted molar refractivity (Wildman–Crippen MR) is 86.6 cm³/mol. The SMILES string of the molecule is CCN1c2ncc(Br)cc2C(=O)N(C)c2ccc(Cl)nc21. The molecule has 3 rings (SSSR count). The molecule has 2 aromatic heterocycles. The van der Waals surface area contributed by atoms with Crippen LogP contribution in [0.25, 0.3) is 0 Å². The molecule has 0 N–H and O–H groups in total. The Morgan fingerprint density at radius 2 is 2.10 bits per heavy atom. The Labute approximate surface area is 135 Å². The summed E-state index contributed by atoms with van der Waals surface area (Å²) in [5, 5.41) is 0.383. The van der Waals surface area contributed by atoms with Gasteiger partial charge in [-0.15, -0.1) is 0 Å². The molecule has 21 heavy (non-hydrogen) atoms. The van der Waals surface area contributed by atoms with Gasteiger partial charge in [-0.2, -0.15) is 0 Å². The number of rotatable bonds is 1. The van der Waals surface area contributed by atoms with E-state index in [1.807, 2.05) is 11.8 Å². The molecule has 0 aliphatic carbocycles. The second-order valence-electron chi connectivity index (χ2n) is 4.61. The monoisotopic (exact) mass is 366 g/mol. The number of anilines is 3. The van der Waals surface area contributed by atoms with Gasteiger partial charge in [0.05, 0.1) is 11.3 Å². The van der Waals surface area contributed by atoms with E-state index in [2.05, 4.69) is 25.9 Å². The van der Waals surface area contributed by atoms with E-state index < -0.39 is 0 Å². The quantitative estimate of drug-likeness (QED) is 0.722. The van der Waals surface area contributed by atoms with Crippen LogP contribution in [0.4, 0.5) is 17.3 Å². The lowest BCUT2D eigenvalue weighted by Gasteiger charge is -2.22. The topological polar surface area (TPSA) is 49.3 Å². The summed E-state index contributed by atoms with van der Waals surface area (Å²) in [6, 6.07) is 5.25. The number of pyridine rings is 2. The van der Waals surface area contributed by atoms with Crippen LogP contribution in [0.3, 0.4) is 0 Å². The molecule has 0 saturated carbocycles. The highest BCUT2D eigenvalue weighted by molar-refractivity contribution is 9.10. The first-order chi connectivity index (χ1) is 10.0. The van der Waals surface area contributed by atoms with E-state index in [0.29, 0.717) is 34.6 Å².